The number of hydrogen-bond acceptors (Lipinski definition) is 4. The second-order valence-corrected chi connectivity index (χ2v) is 7.17. The van der Waals surface area contributed by atoms with Gasteiger partial charge in [-0.25, -0.2) is 13.2 Å². The minimum atomic E-state index is -1.51. The standard InChI is InChI=1S/C17H16ClF3N4.ClH/c18-14-5-12(11-1-2-13(19)16(21)15(11)20)17(24-23-14)25-6-8-3-10(22)4-9(8)7-25;/h1-2,5,8-10H,3-4,6-7,22H2;1H. The molecule has 1 aliphatic carbocycles. The Bertz CT molecular complexity index is 822. The Labute approximate surface area is 159 Å². The van der Waals surface area contributed by atoms with Gasteiger partial charge in [-0.1, -0.05) is 11.6 Å². The molecule has 1 aromatic carbocycles. The smallest absolute Gasteiger partial charge is 0.195 e. The predicted molar refractivity (Wildman–Crippen MR) is 96.0 cm³/mol. The number of fused-ring (bicyclic) bond motifs is 1. The van der Waals surface area contributed by atoms with Gasteiger partial charge in [-0.2, -0.15) is 0 Å². The summed E-state index contributed by atoms with van der Waals surface area (Å²) in [6, 6.07) is 3.73. The summed E-state index contributed by atoms with van der Waals surface area (Å²) in [6.45, 7) is 1.46. The van der Waals surface area contributed by atoms with Crippen molar-refractivity contribution in [3.63, 3.8) is 0 Å². The highest BCUT2D eigenvalue weighted by Crippen LogP contribution is 2.41. The molecule has 2 unspecified atom stereocenters. The van der Waals surface area contributed by atoms with Crippen molar-refractivity contribution in [3.05, 3.63) is 40.8 Å². The summed E-state index contributed by atoms with van der Waals surface area (Å²) in [4.78, 5) is 2.00. The average molecular weight is 405 g/mol. The van der Waals surface area contributed by atoms with Crippen molar-refractivity contribution < 1.29 is 13.2 Å². The van der Waals surface area contributed by atoms with Gasteiger partial charge >= 0.3 is 0 Å². The number of nitrogens with zero attached hydrogens (tertiary/aromatic N) is 3. The Morgan fingerprint density at radius 3 is 2.31 bits per heavy atom. The maximum absolute atomic E-state index is 14.3. The molecule has 26 heavy (non-hydrogen) atoms. The van der Waals surface area contributed by atoms with Crippen LogP contribution in [-0.2, 0) is 0 Å². The van der Waals surface area contributed by atoms with Crippen LogP contribution in [0.3, 0.4) is 0 Å². The summed E-state index contributed by atoms with van der Waals surface area (Å²) in [7, 11) is 0. The Kier molecular flexibility index (Phi) is 5.33. The zero-order chi connectivity index (χ0) is 17.7. The Hall–Kier alpha value is -1.57. The molecule has 2 heterocycles. The topological polar surface area (TPSA) is 55.0 Å². The molecule has 2 N–H and O–H groups in total. The summed E-state index contributed by atoms with van der Waals surface area (Å²) in [5.74, 6) is -2.67. The van der Waals surface area contributed by atoms with Crippen molar-refractivity contribution in [1.82, 2.24) is 10.2 Å². The van der Waals surface area contributed by atoms with E-state index in [-0.39, 0.29) is 29.2 Å². The molecule has 2 aromatic rings. The van der Waals surface area contributed by atoms with E-state index >= 15 is 0 Å². The fourth-order valence-corrected chi connectivity index (χ4v) is 4.19. The van der Waals surface area contributed by atoms with E-state index in [1.54, 1.807) is 0 Å². The molecule has 4 rings (SSSR count). The lowest BCUT2D eigenvalue weighted by Crippen LogP contribution is -2.26. The molecular formula is C17H17Cl2F3N4. The third-order valence-corrected chi connectivity index (χ3v) is 5.34. The van der Waals surface area contributed by atoms with Crippen LogP contribution in [0.15, 0.2) is 18.2 Å². The third kappa shape index (κ3) is 3.23. The molecule has 2 fully saturated rings. The fraction of sp³-hybridized carbons (Fsp3) is 0.412. The summed E-state index contributed by atoms with van der Waals surface area (Å²) < 4.78 is 41.2. The van der Waals surface area contributed by atoms with Gasteiger partial charge in [0.1, 0.15) is 0 Å². The molecule has 1 saturated heterocycles. The molecule has 1 aromatic heterocycles. The highest BCUT2D eigenvalue weighted by Gasteiger charge is 2.40. The van der Waals surface area contributed by atoms with Crippen LogP contribution in [0.2, 0.25) is 5.15 Å². The summed E-state index contributed by atoms with van der Waals surface area (Å²) in [5, 5.41) is 8.01. The minimum absolute atomic E-state index is 0. The van der Waals surface area contributed by atoms with Gasteiger partial charge in [-0.15, -0.1) is 22.6 Å². The SMILES string of the molecule is Cl.NC1CC2CN(c3nnc(Cl)cc3-c3ccc(F)c(F)c3F)CC2C1. The molecule has 0 radical (unpaired) electrons. The van der Waals surface area contributed by atoms with Crippen molar-refractivity contribution in [2.75, 3.05) is 18.0 Å². The first-order chi connectivity index (χ1) is 11.9. The first kappa shape index (κ1) is 19.2. The summed E-state index contributed by atoms with van der Waals surface area (Å²) >= 11 is 5.91. The molecule has 140 valence electrons. The minimum Gasteiger partial charge on any atom is -0.354 e. The van der Waals surface area contributed by atoms with E-state index in [2.05, 4.69) is 10.2 Å². The van der Waals surface area contributed by atoms with Gasteiger partial charge < -0.3 is 10.6 Å². The van der Waals surface area contributed by atoms with Crippen molar-refractivity contribution in [3.8, 4) is 11.1 Å². The summed E-state index contributed by atoms with van der Waals surface area (Å²) in [5.41, 5.74) is 6.23. The van der Waals surface area contributed by atoms with Crippen molar-refractivity contribution in [2.24, 2.45) is 17.6 Å². The van der Waals surface area contributed by atoms with Crippen LogP contribution in [0.25, 0.3) is 11.1 Å². The van der Waals surface area contributed by atoms with E-state index in [1.165, 1.54) is 12.1 Å². The maximum Gasteiger partial charge on any atom is 0.195 e. The molecule has 2 aliphatic rings. The predicted octanol–water partition coefficient (Wildman–Crippen LogP) is 3.81. The van der Waals surface area contributed by atoms with Crippen molar-refractivity contribution >= 4 is 29.8 Å². The van der Waals surface area contributed by atoms with Crippen LogP contribution >= 0.6 is 24.0 Å². The average Bonchev–Trinajstić information content (AvgIpc) is 3.10. The first-order valence-electron chi connectivity index (χ1n) is 8.11. The van der Waals surface area contributed by atoms with Crippen molar-refractivity contribution in [2.45, 2.75) is 18.9 Å². The molecule has 4 nitrogen and oxygen atoms in total. The number of benzene rings is 1. The van der Waals surface area contributed by atoms with E-state index in [1.807, 2.05) is 4.90 Å². The van der Waals surface area contributed by atoms with E-state index < -0.39 is 17.5 Å². The Morgan fingerprint density at radius 1 is 1.00 bits per heavy atom. The Balaban J connectivity index is 0.00000196. The quantitative estimate of drug-likeness (QED) is 0.773. The first-order valence-corrected chi connectivity index (χ1v) is 8.49. The second-order valence-electron chi connectivity index (χ2n) is 6.78. The van der Waals surface area contributed by atoms with Gasteiger partial charge in [0.15, 0.2) is 28.4 Å². The lowest BCUT2D eigenvalue weighted by atomic mass is 10.0. The zero-order valence-corrected chi connectivity index (χ0v) is 15.2. The number of aromatic nitrogens is 2. The van der Waals surface area contributed by atoms with Gasteiger partial charge in [-0.05, 0) is 42.9 Å². The molecule has 0 spiro atoms. The number of halogens is 5. The van der Waals surface area contributed by atoms with Gasteiger partial charge in [0.25, 0.3) is 0 Å². The maximum atomic E-state index is 14.3. The molecular weight excluding hydrogens is 388 g/mol. The van der Waals surface area contributed by atoms with E-state index in [9.17, 15) is 13.2 Å². The van der Waals surface area contributed by atoms with Gasteiger partial charge in [0, 0.05) is 30.3 Å². The zero-order valence-electron chi connectivity index (χ0n) is 13.6. The monoisotopic (exact) mass is 404 g/mol. The highest BCUT2D eigenvalue weighted by molar-refractivity contribution is 6.29. The van der Waals surface area contributed by atoms with Crippen molar-refractivity contribution in [1.29, 1.82) is 0 Å². The van der Waals surface area contributed by atoms with Crippen LogP contribution in [0.1, 0.15) is 12.8 Å². The van der Waals surface area contributed by atoms with E-state index in [0.717, 1.165) is 32.0 Å². The number of hydrogen-bond donors (Lipinski definition) is 1. The Morgan fingerprint density at radius 2 is 1.65 bits per heavy atom. The lowest BCUT2D eigenvalue weighted by molar-refractivity contribution is 0.449. The lowest BCUT2D eigenvalue weighted by Gasteiger charge is -2.22. The van der Waals surface area contributed by atoms with E-state index in [4.69, 9.17) is 17.3 Å². The van der Waals surface area contributed by atoms with Gasteiger partial charge in [-0.3, -0.25) is 0 Å². The van der Waals surface area contributed by atoms with Gasteiger partial charge in [0.05, 0.1) is 0 Å². The summed E-state index contributed by atoms with van der Waals surface area (Å²) in [6.07, 6.45) is 1.88. The number of rotatable bonds is 2. The second kappa shape index (κ2) is 7.21. The number of nitrogens with two attached hydrogens (primary N) is 1. The van der Waals surface area contributed by atoms with Gasteiger partial charge in [0.2, 0.25) is 0 Å². The molecule has 2 atom stereocenters. The van der Waals surface area contributed by atoms with Crippen LogP contribution < -0.4 is 10.6 Å². The van der Waals surface area contributed by atoms with E-state index in [0.29, 0.717) is 23.2 Å². The number of anilines is 1. The van der Waals surface area contributed by atoms with Crippen LogP contribution in [-0.4, -0.2) is 29.3 Å². The molecule has 0 amide bonds. The molecule has 0 bridgehead atoms. The fourth-order valence-electron chi connectivity index (χ4n) is 4.05. The third-order valence-electron chi connectivity index (χ3n) is 5.16. The normalized spacial score (nSPS) is 24.5. The molecule has 1 aliphatic heterocycles. The van der Waals surface area contributed by atoms with Crippen LogP contribution in [0.4, 0.5) is 19.0 Å². The molecule has 9 heteroatoms. The highest BCUT2D eigenvalue weighted by atomic mass is 35.5. The largest absolute Gasteiger partial charge is 0.354 e. The van der Waals surface area contributed by atoms with Crippen LogP contribution in [0.5, 0.6) is 0 Å². The van der Waals surface area contributed by atoms with Crippen LogP contribution in [0, 0.1) is 29.3 Å². The molecule has 1 saturated carbocycles.